The summed E-state index contributed by atoms with van der Waals surface area (Å²) in [6, 6.07) is 10.5. The molecule has 1 atom stereocenters. The SMILES string of the molecule is O=C1NC=C(SCc2ccc3cc(F)ccc3c2)NC1O. The summed E-state index contributed by atoms with van der Waals surface area (Å²) in [5.41, 5.74) is 1.08. The number of fused-ring (bicyclic) bond motifs is 1. The molecule has 0 radical (unpaired) electrons. The minimum absolute atomic E-state index is 0.245. The van der Waals surface area contributed by atoms with Crippen molar-refractivity contribution in [3.63, 3.8) is 0 Å². The van der Waals surface area contributed by atoms with Crippen molar-refractivity contribution in [2.24, 2.45) is 0 Å². The molecule has 21 heavy (non-hydrogen) atoms. The van der Waals surface area contributed by atoms with Gasteiger partial charge in [-0.05, 0) is 28.5 Å². The van der Waals surface area contributed by atoms with Gasteiger partial charge < -0.3 is 15.7 Å². The van der Waals surface area contributed by atoms with Crippen molar-refractivity contribution >= 4 is 28.4 Å². The van der Waals surface area contributed by atoms with E-state index in [9.17, 15) is 14.3 Å². The van der Waals surface area contributed by atoms with E-state index >= 15 is 0 Å². The molecular formula is C15H13FN2O2S. The van der Waals surface area contributed by atoms with E-state index in [2.05, 4.69) is 10.6 Å². The molecule has 0 aliphatic carbocycles. The maximum atomic E-state index is 13.1. The Morgan fingerprint density at radius 1 is 1.19 bits per heavy atom. The van der Waals surface area contributed by atoms with Crippen molar-refractivity contribution in [1.29, 1.82) is 0 Å². The van der Waals surface area contributed by atoms with Crippen LogP contribution in [0.3, 0.4) is 0 Å². The Balaban J connectivity index is 1.71. The highest BCUT2D eigenvalue weighted by atomic mass is 32.2. The van der Waals surface area contributed by atoms with Gasteiger partial charge in [-0.3, -0.25) is 4.79 Å². The first kappa shape index (κ1) is 13.9. The van der Waals surface area contributed by atoms with E-state index < -0.39 is 12.1 Å². The number of benzene rings is 2. The zero-order valence-electron chi connectivity index (χ0n) is 11.0. The third-order valence-electron chi connectivity index (χ3n) is 3.13. The minimum atomic E-state index is -1.21. The lowest BCUT2D eigenvalue weighted by atomic mass is 10.1. The molecule has 0 aromatic heterocycles. The van der Waals surface area contributed by atoms with Crippen molar-refractivity contribution in [3.05, 3.63) is 59.0 Å². The molecule has 1 aliphatic rings. The Hall–Kier alpha value is -2.05. The molecule has 3 rings (SSSR count). The van der Waals surface area contributed by atoms with Crippen molar-refractivity contribution in [3.8, 4) is 0 Å². The first-order chi connectivity index (χ1) is 10.1. The molecule has 1 amide bonds. The Labute approximate surface area is 125 Å². The molecule has 0 bridgehead atoms. The zero-order chi connectivity index (χ0) is 14.8. The van der Waals surface area contributed by atoms with Crippen molar-refractivity contribution in [2.75, 3.05) is 0 Å². The Morgan fingerprint density at radius 3 is 2.76 bits per heavy atom. The summed E-state index contributed by atoms with van der Waals surface area (Å²) >= 11 is 1.47. The zero-order valence-corrected chi connectivity index (χ0v) is 11.8. The van der Waals surface area contributed by atoms with Gasteiger partial charge in [-0.2, -0.15) is 0 Å². The van der Waals surface area contributed by atoms with Crippen LogP contribution in [0.1, 0.15) is 5.56 Å². The molecule has 0 saturated carbocycles. The maximum Gasteiger partial charge on any atom is 0.273 e. The Morgan fingerprint density at radius 2 is 1.95 bits per heavy atom. The van der Waals surface area contributed by atoms with Gasteiger partial charge in [0.05, 0.1) is 5.03 Å². The summed E-state index contributed by atoms with van der Waals surface area (Å²) in [6.45, 7) is 0. The molecule has 4 nitrogen and oxygen atoms in total. The van der Waals surface area contributed by atoms with E-state index in [-0.39, 0.29) is 5.82 Å². The molecular weight excluding hydrogens is 291 g/mol. The number of carbonyl (C=O) groups excluding carboxylic acids is 1. The van der Waals surface area contributed by atoms with Crippen LogP contribution >= 0.6 is 11.8 Å². The second-order valence-electron chi connectivity index (χ2n) is 4.68. The summed E-state index contributed by atoms with van der Waals surface area (Å²) in [7, 11) is 0. The molecule has 1 heterocycles. The van der Waals surface area contributed by atoms with E-state index in [0.29, 0.717) is 10.8 Å². The van der Waals surface area contributed by atoms with Gasteiger partial charge >= 0.3 is 0 Å². The van der Waals surface area contributed by atoms with Crippen LogP contribution in [0.15, 0.2) is 47.6 Å². The molecule has 0 fully saturated rings. The van der Waals surface area contributed by atoms with Crippen LogP contribution in [0.25, 0.3) is 10.8 Å². The molecule has 0 spiro atoms. The first-order valence-electron chi connectivity index (χ1n) is 6.38. The summed E-state index contributed by atoms with van der Waals surface area (Å²) in [5, 5.41) is 17.1. The molecule has 2 aromatic rings. The highest BCUT2D eigenvalue weighted by Crippen LogP contribution is 2.24. The molecule has 1 aliphatic heterocycles. The number of amides is 1. The standard InChI is InChI=1S/C15H13FN2O2S/c16-12-4-3-10-5-9(1-2-11(10)6-12)8-21-13-7-17-14(19)15(20)18-13/h1-7,15,18,20H,8H2,(H,17,19). The second kappa shape index (κ2) is 5.75. The van der Waals surface area contributed by atoms with E-state index in [1.165, 1.54) is 30.1 Å². The fraction of sp³-hybridized carbons (Fsp3) is 0.133. The number of thioether (sulfide) groups is 1. The van der Waals surface area contributed by atoms with Gasteiger partial charge in [0.25, 0.3) is 5.91 Å². The van der Waals surface area contributed by atoms with Crippen LogP contribution in [0.2, 0.25) is 0 Å². The fourth-order valence-corrected chi connectivity index (χ4v) is 2.90. The molecule has 1 unspecified atom stereocenters. The lowest BCUT2D eigenvalue weighted by Crippen LogP contribution is -2.45. The quantitative estimate of drug-likeness (QED) is 0.812. The van der Waals surface area contributed by atoms with Gasteiger partial charge in [-0.1, -0.05) is 24.3 Å². The summed E-state index contributed by atoms with van der Waals surface area (Å²) < 4.78 is 13.1. The fourth-order valence-electron chi connectivity index (χ4n) is 2.06. The van der Waals surface area contributed by atoms with Crippen LogP contribution in [-0.2, 0) is 10.5 Å². The van der Waals surface area contributed by atoms with E-state index in [0.717, 1.165) is 16.3 Å². The molecule has 108 valence electrons. The second-order valence-corrected chi connectivity index (χ2v) is 5.70. The van der Waals surface area contributed by atoms with Gasteiger partial charge in [0.1, 0.15) is 5.82 Å². The number of aliphatic hydroxyl groups excluding tert-OH is 1. The predicted molar refractivity (Wildman–Crippen MR) is 80.6 cm³/mol. The van der Waals surface area contributed by atoms with E-state index in [1.54, 1.807) is 6.07 Å². The largest absolute Gasteiger partial charge is 0.366 e. The van der Waals surface area contributed by atoms with Crippen molar-refractivity contribution < 1.29 is 14.3 Å². The van der Waals surface area contributed by atoms with Crippen molar-refractivity contribution in [2.45, 2.75) is 12.0 Å². The number of hydrogen-bond donors (Lipinski definition) is 3. The van der Waals surface area contributed by atoms with Gasteiger partial charge in [-0.25, -0.2) is 4.39 Å². The normalized spacial score (nSPS) is 18.1. The van der Waals surface area contributed by atoms with Gasteiger partial charge in [0.15, 0.2) is 0 Å². The average Bonchev–Trinajstić information content (AvgIpc) is 2.48. The summed E-state index contributed by atoms with van der Waals surface area (Å²) in [6.07, 6.45) is 0.327. The molecule has 0 saturated heterocycles. The monoisotopic (exact) mass is 304 g/mol. The lowest BCUT2D eigenvalue weighted by Gasteiger charge is -2.20. The summed E-state index contributed by atoms with van der Waals surface area (Å²) in [4.78, 5) is 11.1. The van der Waals surface area contributed by atoms with Crippen LogP contribution in [0, 0.1) is 5.82 Å². The van der Waals surface area contributed by atoms with Gasteiger partial charge in [0, 0.05) is 12.0 Å². The highest BCUT2D eigenvalue weighted by molar-refractivity contribution is 8.02. The van der Waals surface area contributed by atoms with Crippen LogP contribution in [0.4, 0.5) is 4.39 Å². The number of nitrogens with one attached hydrogen (secondary N) is 2. The first-order valence-corrected chi connectivity index (χ1v) is 7.36. The third kappa shape index (κ3) is 3.17. The molecule has 2 aromatic carbocycles. The van der Waals surface area contributed by atoms with Crippen LogP contribution in [-0.4, -0.2) is 17.2 Å². The molecule has 3 N–H and O–H groups in total. The maximum absolute atomic E-state index is 13.1. The smallest absolute Gasteiger partial charge is 0.273 e. The average molecular weight is 304 g/mol. The number of rotatable bonds is 3. The Bertz CT molecular complexity index is 733. The Kier molecular flexibility index (Phi) is 3.81. The number of halogens is 1. The minimum Gasteiger partial charge on any atom is -0.366 e. The van der Waals surface area contributed by atoms with Crippen LogP contribution in [0.5, 0.6) is 0 Å². The van der Waals surface area contributed by atoms with Crippen molar-refractivity contribution in [1.82, 2.24) is 10.6 Å². The number of aliphatic hydroxyl groups is 1. The topological polar surface area (TPSA) is 61.4 Å². The van der Waals surface area contributed by atoms with Gasteiger partial charge in [0.2, 0.25) is 6.23 Å². The number of carbonyl (C=O) groups is 1. The van der Waals surface area contributed by atoms with E-state index in [1.807, 2.05) is 18.2 Å². The highest BCUT2D eigenvalue weighted by Gasteiger charge is 2.19. The lowest BCUT2D eigenvalue weighted by molar-refractivity contribution is -0.130. The number of hydrogen-bond acceptors (Lipinski definition) is 4. The van der Waals surface area contributed by atoms with E-state index in [4.69, 9.17) is 0 Å². The van der Waals surface area contributed by atoms with Crippen LogP contribution < -0.4 is 10.6 Å². The van der Waals surface area contributed by atoms with Gasteiger partial charge in [-0.15, -0.1) is 11.8 Å². The predicted octanol–water partition coefficient (Wildman–Crippen LogP) is 2.05. The molecule has 6 heteroatoms. The summed E-state index contributed by atoms with van der Waals surface area (Å²) in [5.74, 6) is -0.0349. The third-order valence-corrected chi connectivity index (χ3v) is 4.16.